The third-order valence-corrected chi connectivity index (χ3v) is 2.05. The van der Waals surface area contributed by atoms with E-state index < -0.39 is 0 Å². The molecule has 0 amide bonds. The van der Waals surface area contributed by atoms with Crippen LogP contribution in [0.15, 0.2) is 0 Å². The van der Waals surface area contributed by atoms with Crippen molar-refractivity contribution in [2.45, 2.75) is 25.9 Å². The standard InChI is InChI=1S/C7H16N2O/c1-6-4-8(3)5-7(2)9(6)10/h6-7,10H,4-5H2,1-3H3/t6-,7-/m1/s1. The molecule has 1 N–H and O–H groups in total. The molecule has 0 radical (unpaired) electrons. The molecule has 1 aliphatic rings. The van der Waals surface area contributed by atoms with Gasteiger partial charge >= 0.3 is 0 Å². The van der Waals surface area contributed by atoms with E-state index in [9.17, 15) is 5.21 Å². The van der Waals surface area contributed by atoms with Crippen molar-refractivity contribution in [2.24, 2.45) is 0 Å². The predicted molar refractivity (Wildman–Crippen MR) is 40.0 cm³/mol. The quantitative estimate of drug-likeness (QED) is 0.533. The van der Waals surface area contributed by atoms with Gasteiger partial charge in [0.1, 0.15) is 0 Å². The number of nitrogens with zero attached hydrogens (tertiary/aromatic N) is 2. The van der Waals surface area contributed by atoms with Crippen LogP contribution in [0.2, 0.25) is 0 Å². The highest BCUT2D eigenvalue weighted by molar-refractivity contribution is 4.77. The predicted octanol–water partition coefficient (Wildman–Crippen LogP) is 0.400. The molecule has 10 heavy (non-hydrogen) atoms. The highest BCUT2D eigenvalue weighted by Gasteiger charge is 2.25. The minimum atomic E-state index is 0.272. The minimum Gasteiger partial charge on any atom is -0.313 e. The fourth-order valence-electron chi connectivity index (χ4n) is 1.58. The average molecular weight is 144 g/mol. The van der Waals surface area contributed by atoms with Gasteiger partial charge in [-0.3, -0.25) is 0 Å². The molecule has 60 valence electrons. The summed E-state index contributed by atoms with van der Waals surface area (Å²) in [5, 5.41) is 10.8. The summed E-state index contributed by atoms with van der Waals surface area (Å²) in [6, 6.07) is 0.544. The highest BCUT2D eigenvalue weighted by atomic mass is 16.5. The summed E-state index contributed by atoms with van der Waals surface area (Å²) in [6.07, 6.45) is 0. The van der Waals surface area contributed by atoms with E-state index in [0.717, 1.165) is 13.1 Å². The number of likely N-dealkylation sites (N-methyl/N-ethyl adjacent to an activating group) is 1. The first-order valence-corrected chi connectivity index (χ1v) is 3.77. The van der Waals surface area contributed by atoms with E-state index in [1.54, 1.807) is 0 Å². The largest absolute Gasteiger partial charge is 0.313 e. The lowest BCUT2D eigenvalue weighted by Crippen LogP contribution is -2.53. The van der Waals surface area contributed by atoms with Gasteiger partial charge in [-0.2, -0.15) is 5.06 Å². The average Bonchev–Trinajstić information content (AvgIpc) is 1.82. The van der Waals surface area contributed by atoms with Crippen molar-refractivity contribution in [3.63, 3.8) is 0 Å². The Morgan fingerprint density at radius 1 is 1.20 bits per heavy atom. The van der Waals surface area contributed by atoms with Gasteiger partial charge in [-0.15, -0.1) is 0 Å². The van der Waals surface area contributed by atoms with Gasteiger partial charge in [-0.1, -0.05) is 0 Å². The first kappa shape index (κ1) is 7.98. The van der Waals surface area contributed by atoms with Crippen LogP contribution in [0.3, 0.4) is 0 Å². The van der Waals surface area contributed by atoms with Crippen LogP contribution >= 0.6 is 0 Å². The fourth-order valence-corrected chi connectivity index (χ4v) is 1.58. The van der Waals surface area contributed by atoms with Gasteiger partial charge in [-0.05, 0) is 20.9 Å². The maximum absolute atomic E-state index is 9.37. The number of hydroxylamine groups is 2. The molecule has 3 heteroatoms. The van der Waals surface area contributed by atoms with Crippen LogP contribution < -0.4 is 0 Å². The molecule has 2 atom stereocenters. The number of hydrogen-bond acceptors (Lipinski definition) is 3. The molecule has 0 unspecified atom stereocenters. The number of rotatable bonds is 0. The zero-order valence-electron chi connectivity index (χ0n) is 6.91. The lowest BCUT2D eigenvalue weighted by molar-refractivity contribution is -0.178. The Hall–Kier alpha value is -0.120. The Balaban J connectivity index is 2.49. The van der Waals surface area contributed by atoms with Crippen LogP contribution in [-0.4, -0.2) is 47.4 Å². The highest BCUT2D eigenvalue weighted by Crippen LogP contribution is 2.10. The van der Waals surface area contributed by atoms with Crippen LogP contribution in [0.4, 0.5) is 0 Å². The second-order valence-electron chi connectivity index (χ2n) is 3.30. The lowest BCUT2D eigenvalue weighted by atomic mass is 10.1. The van der Waals surface area contributed by atoms with Crippen LogP contribution in [0.5, 0.6) is 0 Å². The Kier molecular flexibility index (Phi) is 2.28. The van der Waals surface area contributed by atoms with Crippen molar-refractivity contribution in [1.82, 2.24) is 9.96 Å². The van der Waals surface area contributed by atoms with Crippen molar-refractivity contribution >= 4 is 0 Å². The second kappa shape index (κ2) is 2.86. The molecule has 0 spiro atoms. The fraction of sp³-hybridized carbons (Fsp3) is 1.00. The van der Waals surface area contributed by atoms with Crippen molar-refractivity contribution in [2.75, 3.05) is 20.1 Å². The Morgan fingerprint density at radius 2 is 1.60 bits per heavy atom. The molecule has 0 aromatic carbocycles. The van der Waals surface area contributed by atoms with E-state index in [4.69, 9.17) is 0 Å². The van der Waals surface area contributed by atoms with Crippen LogP contribution in [-0.2, 0) is 0 Å². The van der Waals surface area contributed by atoms with Crippen molar-refractivity contribution in [1.29, 1.82) is 0 Å². The van der Waals surface area contributed by atoms with E-state index in [1.807, 2.05) is 13.8 Å². The number of piperazine rings is 1. The summed E-state index contributed by atoms with van der Waals surface area (Å²) in [5.41, 5.74) is 0. The summed E-state index contributed by atoms with van der Waals surface area (Å²) in [5.74, 6) is 0. The third kappa shape index (κ3) is 1.48. The van der Waals surface area contributed by atoms with Gasteiger partial charge in [0.25, 0.3) is 0 Å². The molecule has 0 aliphatic carbocycles. The summed E-state index contributed by atoms with van der Waals surface area (Å²) in [4.78, 5) is 2.24. The zero-order chi connectivity index (χ0) is 7.72. The van der Waals surface area contributed by atoms with Crippen molar-refractivity contribution in [3.8, 4) is 0 Å². The molecule has 1 rings (SSSR count). The van der Waals surface area contributed by atoms with Gasteiger partial charge in [0.15, 0.2) is 0 Å². The Bertz CT molecular complexity index is 106. The van der Waals surface area contributed by atoms with Gasteiger partial charge < -0.3 is 10.1 Å². The van der Waals surface area contributed by atoms with Crippen LogP contribution in [0, 0.1) is 0 Å². The molecular weight excluding hydrogens is 128 g/mol. The minimum absolute atomic E-state index is 0.272. The molecular formula is C7H16N2O. The molecule has 0 aromatic heterocycles. The van der Waals surface area contributed by atoms with Gasteiger partial charge in [-0.25, -0.2) is 0 Å². The van der Waals surface area contributed by atoms with E-state index in [1.165, 1.54) is 5.06 Å². The molecule has 0 aromatic rings. The first-order valence-electron chi connectivity index (χ1n) is 3.77. The van der Waals surface area contributed by atoms with E-state index >= 15 is 0 Å². The van der Waals surface area contributed by atoms with Crippen molar-refractivity contribution < 1.29 is 5.21 Å². The van der Waals surface area contributed by atoms with Gasteiger partial charge in [0.05, 0.1) is 0 Å². The maximum atomic E-state index is 9.37. The summed E-state index contributed by atoms with van der Waals surface area (Å²) in [6.45, 7) is 5.99. The number of hydrogen-bond donors (Lipinski definition) is 1. The lowest BCUT2D eigenvalue weighted by Gasteiger charge is -2.38. The normalized spacial score (nSPS) is 38.4. The summed E-state index contributed by atoms with van der Waals surface area (Å²) < 4.78 is 0. The zero-order valence-corrected chi connectivity index (χ0v) is 6.91. The molecule has 1 saturated heterocycles. The second-order valence-corrected chi connectivity index (χ2v) is 3.30. The van der Waals surface area contributed by atoms with Crippen LogP contribution in [0.25, 0.3) is 0 Å². The van der Waals surface area contributed by atoms with Crippen LogP contribution in [0.1, 0.15) is 13.8 Å². The van der Waals surface area contributed by atoms with Gasteiger partial charge in [0, 0.05) is 25.2 Å². The summed E-state index contributed by atoms with van der Waals surface area (Å²) in [7, 11) is 2.08. The molecule has 3 nitrogen and oxygen atoms in total. The van der Waals surface area contributed by atoms with Gasteiger partial charge in [0.2, 0.25) is 0 Å². The topological polar surface area (TPSA) is 26.7 Å². The molecule has 0 bridgehead atoms. The molecule has 0 saturated carbocycles. The van der Waals surface area contributed by atoms with Crippen molar-refractivity contribution in [3.05, 3.63) is 0 Å². The van der Waals surface area contributed by atoms with E-state index in [-0.39, 0.29) is 12.1 Å². The first-order chi connectivity index (χ1) is 4.61. The van der Waals surface area contributed by atoms with E-state index in [0.29, 0.717) is 0 Å². The smallest absolute Gasteiger partial charge is 0.0452 e. The SMILES string of the molecule is C[C@@H]1CN(C)C[C@@H](C)N1O. The Labute approximate surface area is 62.2 Å². The molecule has 1 heterocycles. The van der Waals surface area contributed by atoms with E-state index in [2.05, 4.69) is 11.9 Å². The maximum Gasteiger partial charge on any atom is 0.0452 e. The monoisotopic (exact) mass is 144 g/mol. The molecule has 1 fully saturated rings. The third-order valence-electron chi connectivity index (χ3n) is 2.05. The molecule has 1 aliphatic heterocycles. The summed E-state index contributed by atoms with van der Waals surface area (Å²) >= 11 is 0. The Morgan fingerprint density at radius 3 is 2.00 bits per heavy atom.